The van der Waals surface area contributed by atoms with Crippen molar-refractivity contribution in [1.82, 2.24) is 15.2 Å². The summed E-state index contributed by atoms with van der Waals surface area (Å²) in [6, 6.07) is 0. The Morgan fingerprint density at radius 3 is 2.72 bits per heavy atom. The van der Waals surface area contributed by atoms with E-state index in [1.165, 1.54) is 4.88 Å². The lowest BCUT2D eigenvalue weighted by Crippen LogP contribution is -2.05. The average molecular weight is 283 g/mol. The molecule has 4 nitrogen and oxygen atoms in total. The molecule has 2 aromatic rings. The van der Waals surface area contributed by atoms with Gasteiger partial charge in [0.25, 0.3) is 0 Å². The van der Waals surface area contributed by atoms with E-state index in [0.717, 1.165) is 28.4 Å². The van der Waals surface area contributed by atoms with Crippen molar-refractivity contribution < 1.29 is 0 Å². The molecule has 2 aromatic heterocycles. The smallest absolute Gasteiger partial charge is 0.155 e. The first-order chi connectivity index (χ1) is 8.61. The predicted octanol–water partition coefficient (Wildman–Crippen LogP) is 3.38. The number of hydrogen-bond donors (Lipinski definition) is 1. The largest absolute Gasteiger partial charge is 0.362 e. The van der Waals surface area contributed by atoms with Crippen LogP contribution in [0.2, 0.25) is 5.15 Å². The summed E-state index contributed by atoms with van der Waals surface area (Å²) in [7, 11) is 0. The van der Waals surface area contributed by atoms with Crippen molar-refractivity contribution >= 4 is 28.8 Å². The molecule has 2 rings (SSSR count). The zero-order valence-corrected chi connectivity index (χ0v) is 12.2. The lowest BCUT2D eigenvalue weighted by Gasteiger charge is -2.08. The van der Waals surface area contributed by atoms with Crippen LogP contribution in [-0.2, 0) is 13.0 Å². The van der Waals surface area contributed by atoms with Gasteiger partial charge in [-0.05, 0) is 31.4 Å². The predicted molar refractivity (Wildman–Crippen MR) is 75.3 cm³/mol. The Labute approximate surface area is 115 Å². The van der Waals surface area contributed by atoms with Crippen molar-refractivity contribution in [3.05, 3.63) is 32.4 Å². The van der Waals surface area contributed by atoms with Gasteiger partial charge in [0.2, 0.25) is 0 Å². The molecule has 0 saturated carbocycles. The summed E-state index contributed by atoms with van der Waals surface area (Å²) < 4.78 is 0. The van der Waals surface area contributed by atoms with E-state index in [9.17, 15) is 0 Å². The number of thiazole rings is 1. The highest BCUT2D eigenvalue weighted by Gasteiger charge is 2.08. The average Bonchev–Trinajstić information content (AvgIpc) is 2.83. The van der Waals surface area contributed by atoms with Gasteiger partial charge in [0.05, 0.1) is 6.54 Å². The molecule has 96 valence electrons. The number of aromatic nitrogens is 3. The molecule has 0 saturated heterocycles. The Morgan fingerprint density at radius 2 is 2.06 bits per heavy atom. The number of halogens is 1. The van der Waals surface area contributed by atoms with Crippen LogP contribution in [0, 0.1) is 13.8 Å². The molecule has 0 aliphatic carbocycles. The summed E-state index contributed by atoms with van der Waals surface area (Å²) >= 11 is 7.63. The Balaban J connectivity index is 2.08. The summed E-state index contributed by atoms with van der Waals surface area (Å²) in [5.74, 6) is 0.769. The fourth-order valence-electron chi connectivity index (χ4n) is 1.50. The zero-order valence-electron chi connectivity index (χ0n) is 10.6. The molecular formula is C12H15ClN4S. The lowest BCUT2D eigenvalue weighted by molar-refractivity contribution is 0.966. The number of hydrogen-bond acceptors (Lipinski definition) is 5. The molecule has 0 fully saturated rings. The quantitative estimate of drug-likeness (QED) is 0.934. The number of nitrogens with one attached hydrogen (secondary N) is 1. The second-order valence-electron chi connectivity index (χ2n) is 4.02. The van der Waals surface area contributed by atoms with Crippen LogP contribution in [0.3, 0.4) is 0 Å². The van der Waals surface area contributed by atoms with Crippen molar-refractivity contribution in [2.24, 2.45) is 0 Å². The number of rotatable bonds is 4. The normalized spacial score (nSPS) is 10.7. The Morgan fingerprint density at radius 1 is 1.28 bits per heavy atom. The molecule has 18 heavy (non-hydrogen) atoms. The van der Waals surface area contributed by atoms with E-state index in [4.69, 9.17) is 11.6 Å². The van der Waals surface area contributed by atoms with Crippen molar-refractivity contribution in [3.63, 3.8) is 0 Å². The van der Waals surface area contributed by atoms with Crippen LogP contribution in [0.1, 0.15) is 27.9 Å². The van der Waals surface area contributed by atoms with Crippen LogP contribution < -0.4 is 5.32 Å². The van der Waals surface area contributed by atoms with Gasteiger partial charge in [0, 0.05) is 11.1 Å². The van der Waals surface area contributed by atoms with Gasteiger partial charge in [-0.15, -0.1) is 21.5 Å². The third-order valence-electron chi connectivity index (χ3n) is 2.82. The van der Waals surface area contributed by atoms with E-state index >= 15 is 0 Å². The summed E-state index contributed by atoms with van der Waals surface area (Å²) in [6.45, 7) is 6.72. The first-order valence-corrected chi connectivity index (χ1v) is 6.98. The molecule has 0 atom stereocenters. The highest BCUT2D eigenvalue weighted by molar-refractivity contribution is 7.11. The zero-order chi connectivity index (χ0) is 13.1. The first-order valence-electron chi connectivity index (χ1n) is 5.78. The topological polar surface area (TPSA) is 50.7 Å². The molecule has 0 radical (unpaired) electrons. The van der Waals surface area contributed by atoms with Gasteiger partial charge in [0.15, 0.2) is 11.0 Å². The summed E-state index contributed by atoms with van der Waals surface area (Å²) in [6.07, 6.45) is 2.95. The van der Waals surface area contributed by atoms with Crippen molar-refractivity contribution in [2.45, 2.75) is 33.7 Å². The molecule has 0 aliphatic heterocycles. The second-order valence-corrected chi connectivity index (χ2v) is 5.57. The van der Waals surface area contributed by atoms with Crippen LogP contribution in [0.5, 0.6) is 0 Å². The summed E-state index contributed by atoms with van der Waals surface area (Å²) in [5.41, 5.74) is 1.99. The van der Waals surface area contributed by atoms with Gasteiger partial charge in [-0.2, -0.15) is 0 Å². The van der Waals surface area contributed by atoms with Crippen molar-refractivity contribution in [3.8, 4) is 0 Å². The van der Waals surface area contributed by atoms with Gasteiger partial charge in [-0.1, -0.05) is 18.5 Å². The fourth-order valence-corrected chi connectivity index (χ4v) is 2.48. The minimum atomic E-state index is 0.459. The number of anilines is 1. The highest BCUT2D eigenvalue weighted by atomic mass is 35.5. The van der Waals surface area contributed by atoms with Crippen LogP contribution in [0.4, 0.5) is 5.82 Å². The Kier molecular flexibility index (Phi) is 4.14. The van der Waals surface area contributed by atoms with Gasteiger partial charge in [-0.25, -0.2) is 4.98 Å². The minimum Gasteiger partial charge on any atom is -0.362 e. The molecule has 0 aliphatic rings. The van der Waals surface area contributed by atoms with E-state index in [1.807, 2.05) is 20.0 Å². The summed E-state index contributed by atoms with van der Waals surface area (Å²) in [4.78, 5) is 5.65. The maximum atomic E-state index is 5.91. The second kappa shape index (κ2) is 5.63. The van der Waals surface area contributed by atoms with Crippen molar-refractivity contribution in [2.75, 3.05) is 5.32 Å². The van der Waals surface area contributed by atoms with E-state index in [-0.39, 0.29) is 0 Å². The highest BCUT2D eigenvalue weighted by Crippen LogP contribution is 2.21. The van der Waals surface area contributed by atoms with Gasteiger partial charge in [-0.3, -0.25) is 0 Å². The third-order valence-corrected chi connectivity index (χ3v) is 4.32. The van der Waals surface area contributed by atoms with E-state index in [1.54, 1.807) is 11.3 Å². The molecule has 0 bridgehead atoms. The molecular weight excluding hydrogens is 268 g/mol. The SMILES string of the molecule is CCc1cnc(CNc2nnc(Cl)c(C)c2C)s1. The Bertz CT molecular complexity index is 553. The minimum absolute atomic E-state index is 0.459. The standard InChI is InChI=1S/C12H15ClN4S/c1-4-9-5-14-10(18-9)6-15-12-8(3)7(2)11(13)16-17-12/h5H,4,6H2,1-3H3,(H,15,17). The Hall–Kier alpha value is -1.20. The molecule has 1 N–H and O–H groups in total. The molecule has 0 aromatic carbocycles. The van der Waals surface area contributed by atoms with Gasteiger partial charge < -0.3 is 5.32 Å². The van der Waals surface area contributed by atoms with Crippen LogP contribution in [-0.4, -0.2) is 15.2 Å². The molecule has 0 amide bonds. The van der Waals surface area contributed by atoms with Crippen molar-refractivity contribution in [1.29, 1.82) is 0 Å². The van der Waals surface area contributed by atoms with Crippen LogP contribution in [0.15, 0.2) is 6.20 Å². The number of nitrogens with zero attached hydrogens (tertiary/aromatic N) is 3. The van der Waals surface area contributed by atoms with E-state index < -0.39 is 0 Å². The lowest BCUT2D eigenvalue weighted by atomic mass is 10.2. The fraction of sp³-hybridized carbons (Fsp3) is 0.417. The monoisotopic (exact) mass is 282 g/mol. The summed E-state index contributed by atoms with van der Waals surface area (Å²) in [5, 5.41) is 12.7. The molecule has 0 unspecified atom stereocenters. The molecule has 2 heterocycles. The maximum Gasteiger partial charge on any atom is 0.155 e. The van der Waals surface area contributed by atoms with Gasteiger partial charge >= 0.3 is 0 Å². The maximum absolute atomic E-state index is 5.91. The molecule has 6 heteroatoms. The third kappa shape index (κ3) is 2.79. The molecule has 0 spiro atoms. The van der Waals surface area contributed by atoms with Crippen LogP contribution in [0.25, 0.3) is 0 Å². The van der Waals surface area contributed by atoms with E-state index in [0.29, 0.717) is 11.7 Å². The van der Waals surface area contributed by atoms with E-state index in [2.05, 4.69) is 27.4 Å². The number of aryl methyl sites for hydroxylation is 1. The van der Waals surface area contributed by atoms with Crippen LogP contribution >= 0.6 is 22.9 Å². The first kappa shape index (κ1) is 13.2. The van der Waals surface area contributed by atoms with Gasteiger partial charge in [0.1, 0.15) is 5.01 Å².